The van der Waals surface area contributed by atoms with Gasteiger partial charge in [0.15, 0.2) is 0 Å². The molecule has 0 aromatic rings. The summed E-state index contributed by atoms with van der Waals surface area (Å²) in [6.45, 7) is 4.22. The maximum atomic E-state index is 11.7. The smallest absolute Gasteiger partial charge is 0.236 e. The zero-order valence-corrected chi connectivity index (χ0v) is 11.6. The number of rotatable bonds is 4. The molecule has 1 aliphatic heterocycles. The summed E-state index contributed by atoms with van der Waals surface area (Å²) in [4.78, 5) is 13.4. The topological polar surface area (TPSA) is 66.5 Å². The van der Waals surface area contributed by atoms with Crippen LogP contribution in [0.2, 0.25) is 0 Å². The second-order valence-corrected chi connectivity index (χ2v) is 7.21. The Morgan fingerprint density at radius 1 is 1.35 bits per heavy atom. The summed E-state index contributed by atoms with van der Waals surface area (Å²) in [6, 6.07) is 0.346. The van der Waals surface area contributed by atoms with Crippen LogP contribution in [-0.2, 0) is 14.6 Å². The van der Waals surface area contributed by atoms with E-state index < -0.39 is 9.84 Å². The van der Waals surface area contributed by atoms with Crippen LogP contribution < -0.4 is 5.32 Å². The fraction of sp³-hybridized carbons (Fsp3) is 0.909. The second-order valence-electron chi connectivity index (χ2n) is 4.91. The Balaban J connectivity index is 2.31. The Bertz CT molecular complexity index is 351. The molecule has 1 saturated heterocycles. The minimum Gasteiger partial charge on any atom is -0.342 e. The zero-order chi connectivity index (χ0) is 13.1. The van der Waals surface area contributed by atoms with Crippen LogP contribution in [0.1, 0.15) is 26.7 Å². The Hall–Kier alpha value is -0.620. The third kappa shape index (κ3) is 4.63. The van der Waals surface area contributed by atoms with E-state index in [9.17, 15) is 13.2 Å². The van der Waals surface area contributed by atoms with E-state index >= 15 is 0 Å². The molecule has 100 valence electrons. The second kappa shape index (κ2) is 5.82. The molecule has 0 unspecified atom stereocenters. The fourth-order valence-corrected chi connectivity index (χ4v) is 3.23. The molecule has 1 aliphatic rings. The predicted molar refractivity (Wildman–Crippen MR) is 67.6 cm³/mol. The summed E-state index contributed by atoms with van der Waals surface area (Å²) >= 11 is 0. The van der Waals surface area contributed by atoms with Gasteiger partial charge in [0.2, 0.25) is 5.91 Å². The summed E-state index contributed by atoms with van der Waals surface area (Å²) in [5.41, 5.74) is 0. The van der Waals surface area contributed by atoms with Crippen LogP contribution in [0.25, 0.3) is 0 Å². The Morgan fingerprint density at radius 3 is 2.35 bits per heavy atom. The van der Waals surface area contributed by atoms with E-state index in [4.69, 9.17) is 0 Å². The largest absolute Gasteiger partial charge is 0.342 e. The van der Waals surface area contributed by atoms with E-state index in [1.54, 1.807) is 11.9 Å². The zero-order valence-electron chi connectivity index (χ0n) is 10.8. The molecule has 0 saturated carbocycles. The molecular weight excluding hydrogens is 240 g/mol. The maximum absolute atomic E-state index is 11.7. The maximum Gasteiger partial charge on any atom is 0.236 e. The molecule has 0 radical (unpaired) electrons. The van der Waals surface area contributed by atoms with Gasteiger partial charge >= 0.3 is 0 Å². The Labute approximate surface area is 103 Å². The molecule has 17 heavy (non-hydrogen) atoms. The minimum atomic E-state index is -2.82. The van der Waals surface area contributed by atoms with Gasteiger partial charge in [-0.05, 0) is 26.7 Å². The standard InChI is InChI=1S/C11H22N2O3S/c1-9(2)13(3)11(14)8-12-10-4-6-17(15,16)7-5-10/h9-10,12H,4-8H2,1-3H3. The molecule has 1 N–H and O–H groups in total. The lowest BCUT2D eigenvalue weighted by molar-refractivity contribution is -0.130. The lowest BCUT2D eigenvalue weighted by Crippen LogP contribution is -2.45. The number of carbonyl (C=O) groups excluding carboxylic acids is 1. The molecule has 6 heteroatoms. The average Bonchev–Trinajstić information content (AvgIpc) is 2.26. The van der Waals surface area contributed by atoms with Crippen LogP contribution in [0.4, 0.5) is 0 Å². The van der Waals surface area contributed by atoms with Gasteiger partial charge in [-0.3, -0.25) is 4.79 Å². The van der Waals surface area contributed by atoms with Gasteiger partial charge in [0, 0.05) is 19.1 Å². The third-order valence-electron chi connectivity index (χ3n) is 3.26. The van der Waals surface area contributed by atoms with Crippen molar-refractivity contribution < 1.29 is 13.2 Å². The van der Waals surface area contributed by atoms with Crippen molar-refractivity contribution in [2.24, 2.45) is 0 Å². The summed E-state index contributed by atoms with van der Waals surface area (Å²) in [6.07, 6.45) is 1.22. The molecule has 0 aromatic heterocycles. The molecular formula is C11H22N2O3S. The van der Waals surface area contributed by atoms with E-state index in [1.807, 2.05) is 13.8 Å². The lowest BCUT2D eigenvalue weighted by atomic mass is 10.1. The summed E-state index contributed by atoms with van der Waals surface area (Å²) in [5.74, 6) is 0.519. The van der Waals surface area contributed by atoms with E-state index in [0.29, 0.717) is 19.4 Å². The highest BCUT2D eigenvalue weighted by Crippen LogP contribution is 2.11. The van der Waals surface area contributed by atoms with Gasteiger partial charge in [-0.15, -0.1) is 0 Å². The highest BCUT2D eigenvalue weighted by atomic mass is 32.2. The van der Waals surface area contributed by atoms with E-state index in [1.165, 1.54) is 0 Å². The van der Waals surface area contributed by atoms with Crippen LogP contribution in [0.15, 0.2) is 0 Å². The monoisotopic (exact) mass is 262 g/mol. The van der Waals surface area contributed by atoms with Crippen LogP contribution in [-0.4, -0.2) is 56.4 Å². The van der Waals surface area contributed by atoms with Gasteiger partial charge in [0.25, 0.3) is 0 Å². The van der Waals surface area contributed by atoms with Gasteiger partial charge in [0.1, 0.15) is 9.84 Å². The number of likely N-dealkylation sites (N-methyl/N-ethyl adjacent to an activating group) is 1. The Kier molecular flexibility index (Phi) is 4.94. The van der Waals surface area contributed by atoms with Gasteiger partial charge in [-0.2, -0.15) is 0 Å². The van der Waals surface area contributed by atoms with Crippen molar-refractivity contribution >= 4 is 15.7 Å². The molecule has 1 rings (SSSR count). The van der Waals surface area contributed by atoms with E-state index in [0.717, 1.165) is 0 Å². The highest BCUT2D eigenvalue weighted by Gasteiger charge is 2.24. The van der Waals surface area contributed by atoms with Gasteiger partial charge < -0.3 is 10.2 Å². The molecule has 5 nitrogen and oxygen atoms in total. The van der Waals surface area contributed by atoms with Crippen molar-refractivity contribution in [3.05, 3.63) is 0 Å². The molecule has 1 heterocycles. The minimum absolute atomic E-state index is 0.0495. The van der Waals surface area contributed by atoms with Crippen molar-refractivity contribution in [1.29, 1.82) is 0 Å². The number of hydrogen-bond acceptors (Lipinski definition) is 4. The van der Waals surface area contributed by atoms with Gasteiger partial charge in [0.05, 0.1) is 18.1 Å². The van der Waals surface area contributed by atoms with Crippen LogP contribution >= 0.6 is 0 Å². The van der Waals surface area contributed by atoms with Crippen molar-refractivity contribution in [2.75, 3.05) is 25.1 Å². The lowest BCUT2D eigenvalue weighted by Gasteiger charge is -2.26. The van der Waals surface area contributed by atoms with Crippen molar-refractivity contribution in [2.45, 2.75) is 38.8 Å². The van der Waals surface area contributed by atoms with Crippen molar-refractivity contribution in [3.63, 3.8) is 0 Å². The Morgan fingerprint density at radius 2 is 1.88 bits per heavy atom. The summed E-state index contributed by atoms with van der Waals surface area (Å²) in [7, 11) is -1.04. The van der Waals surface area contributed by atoms with Crippen molar-refractivity contribution in [1.82, 2.24) is 10.2 Å². The van der Waals surface area contributed by atoms with Gasteiger partial charge in [-0.1, -0.05) is 0 Å². The van der Waals surface area contributed by atoms with Crippen molar-refractivity contribution in [3.8, 4) is 0 Å². The summed E-state index contributed by atoms with van der Waals surface area (Å²) < 4.78 is 22.5. The molecule has 1 amide bonds. The quantitative estimate of drug-likeness (QED) is 0.775. The van der Waals surface area contributed by atoms with Crippen LogP contribution in [0.5, 0.6) is 0 Å². The predicted octanol–water partition coefficient (Wildman–Crippen LogP) is 0.0200. The highest BCUT2D eigenvalue weighted by molar-refractivity contribution is 7.91. The molecule has 0 atom stereocenters. The number of amides is 1. The molecule has 0 aromatic carbocycles. The average molecular weight is 262 g/mol. The first-order valence-electron chi connectivity index (χ1n) is 6.01. The molecule has 0 bridgehead atoms. The van der Waals surface area contributed by atoms with Crippen LogP contribution in [0, 0.1) is 0 Å². The summed E-state index contributed by atoms with van der Waals surface area (Å²) in [5, 5.41) is 3.14. The molecule has 0 aliphatic carbocycles. The number of hydrogen-bond donors (Lipinski definition) is 1. The fourth-order valence-electron chi connectivity index (χ4n) is 1.74. The number of carbonyl (C=O) groups is 1. The SMILES string of the molecule is CC(C)N(C)C(=O)CNC1CCS(=O)(=O)CC1. The first-order chi connectivity index (χ1) is 7.82. The van der Waals surface area contributed by atoms with Crippen LogP contribution in [0.3, 0.4) is 0 Å². The number of sulfone groups is 1. The van der Waals surface area contributed by atoms with E-state index in [-0.39, 0.29) is 29.5 Å². The number of nitrogens with one attached hydrogen (secondary N) is 1. The third-order valence-corrected chi connectivity index (χ3v) is 4.98. The van der Waals surface area contributed by atoms with Gasteiger partial charge in [-0.25, -0.2) is 8.42 Å². The number of nitrogens with zero attached hydrogens (tertiary/aromatic N) is 1. The molecule has 0 spiro atoms. The first kappa shape index (κ1) is 14.4. The van der Waals surface area contributed by atoms with E-state index in [2.05, 4.69) is 5.32 Å². The molecule has 1 fully saturated rings. The first-order valence-corrected chi connectivity index (χ1v) is 7.83. The normalized spacial score (nSPS) is 20.5.